The van der Waals surface area contributed by atoms with E-state index in [0.29, 0.717) is 18.0 Å². The normalized spacial score (nSPS) is 18.1. The number of carbonyl (C=O) groups excluding carboxylic acids is 1. The van der Waals surface area contributed by atoms with Gasteiger partial charge in [-0.25, -0.2) is 0 Å². The van der Waals surface area contributed by atoms with Gasteiger partial charge in [-0.2, -0.15) is 0 Å². The SMILES string of the molecule is CC(C)(CN)NC(=O)C1Cc2cc(Cl)ccc2O1. The summed E-state index contributed by atoms with van der Waals surface area (Å²) in [6.45, 7) is 4.14. The second-order valence-corrected chi connectivity index (χ2v) is 5.58. The molecule has 0 aliphatic carbocycles. The molecule has 0 spiro atoms. The molecule has 1 heterocycles. The number of rotatable bonds is 3. The maximum Gasteiger partial charge on any atom is 0.261 e. The lowest BCUT2D eigenvalue weighted by atomic mass is 10.0. The molecule has 0 saturated heterocycles. The van der Waals surface area contributed by atoms with Crippen molar-refractivity contribution >= 4 is 17.5 Å². The van der Waals surface area contributed by atoms with Crippen molar-refractivity contribution in [1.82, 2.24) is 5.32 Å². The fourth-order valence-corrected chi connectivity index (χ4v) is 2.02. The zero-order valence-electron chi connectivity index (χ0n) is 10.5. The number of benzene rings is 1. The molecule has 1 aliphatic rings. The molecule has 0 radical (unpaired) electrons. The molecule has 1 aromatic carbocycles. The fraction of sp³-hybridized carbons (Fsp3) is 0.462. The second-order valence-electron chi connectivity index (χ2n) is 5.14. The molecule has 3 N–H and O–H groups in total. The average Bonchev–Trinajstić information content (AvgIpc) is 2.71. The van der Waals surface area contributed by atoms with Crippen molar-refractivity contribution in [3.8, 4) is 5.75 Å². The van der Waals surface area contributed by atoms with Crippen LogP contribution in [0.25, 0.3) is 0 Å². The average molecular weight is 269 g/mol. The number of halogens is 1. The number of carbonyl (C=O) groups is 1. The number of fused-ring (bicyclic) bond motifs is 1. The first-order valence-electron chi connectivity index (χ1n) is 5.88. The molecular weight excluding hydrogens is 252 g/mol. The Labute approximate surface area is 111 Å². The fourth-order valence-electron chi connectivity index (χ4n) is 1.83. The minimum Gasteiger partial charge on any atom is -0.480 e. The first-order chi connectivity index (χ1) is 8.41. The van der Waals surface area contributed by atoms with Crippen LogP contribution in [-0.2, 0) is 11.2 Å². The number of nitrogens with two attached hydrogens (primary N) is 1. The smallest absolute Gasteiger partial charge is 0.261 e. The van der Waals surface area contributed by atoms with Gasteiger partial charge in [-0.05, 0) is 37.6 Å². The van der Waals surface area contributed by atoms with Crippen LogP contribution < -0.4 is 15.8 Å². The Hall–Kier alpha value is -1.26. The van der Waals surface area contributed by atoms with Crippen LogP contribution in [0.1, 0.15) is 19.4 Å². The maximum atomic E-state index is 12.0. The molecule has 1 aromatic rings. The summed E-state index contributed by atoms with van der Waals surface area (Å²) in [5, 5.41) is 3.53. The van der Waals surface area contributed by atoms with E-state index in [1.807, 2.05) is 19.9 Å². The molecule has 98 valence electrons. The molecule has 0 aromatic heterocycles. The van der Waals surface area contributed by atoms with Gasteiger partial charge in [0.25, 0.3) is 5.91 Å². The quantitative estimate of drug-likeness (QED) is 0.873. The summed E-state index contributed by atoms with van der Waals surface area (Å²) in [6, 6.07) is 5.38. The van der Waals surface area contributed by atoms with Crippen LogP contribution in [0.4, 0.5) is 0 Å². The van der Waals surface area contributed by atoms with Crippen molar-refractivity contribution in [1.29, 1.82) is 0 Å². The second kappa shape index (κ2) is 4.78. The Kier molecular flexibility index (Phi) is 3.50. The van der Waals surface area contributed by atoms with E-state index in [9.17, 15) is 4.79 Å². The van der Waals surface area contributed by atoms with E-state index < -0.39 is 11.6 Å². The summed E-state index contributed by atoms with van der Waals surface area (Å²) in [6.07, 6.45) is 0.0480. The van der Waals surface area contributed by atoms with Gasteiger partial charge in [-0.3, -0.25) is 4.79 Å². The predicted octanol–water partition coefficient (Wildman–Crippen LogP) is 1.50. The zero-order valence-corrected chi connectivity index (χ0v) is 11.3. The Balaban J connectivity index is 2.05. The van der Waals surface area contributed by atoms with Gasteiger partial charge < -0.3 is 15.8 Å². The summed E-state index contributed by atoms with van der Waals surface area (Å²) < 4.78 is 5.60. The number of hydrogen-bond acceptors (Lipinski definition) is 3. The van der Waals surface area contributed by atoms with E-state index in [4.69, 9.17) is 22.1 Å². The molecule has 2 rings (SSSR count). The van der Waals surface area contributed by atoms with Crippen molar-refractivity contribution in [3.05, 3.63) is 28.8 Å². The van der Waals surface area contributed by atoms with Gasteiger partial charge in [-0.15, -0.1) is 0 Å². The van der Waals surface area contributed by atoms with Crippen molar-refractivity contribution in [2.75, 3.05) is 6.54 Å². The van der Waals surface area contributed by atoms with Gasteiger partial charge >= 0.3 is 0 Å². The Bertz CT molecular complexity index is 474. The highest BCUT2D eigenvalue weighted by atomic mass is 35.5. The largest absolute Gasteiger partial charge is 0.480 e. The lowest BCUT2D eigenvalue weighted by Crippen LogP contribution is -2.52. The molecule has 0 bridgehead atoms. The van der Waals surface area contributed by atoms with Crippen LogP contribution in [0, 0.1) is 0 Å². The third-order valence-corrected chi connectivity index (χ3v) is 3.20. The molecule has 0 fully saturated rings. The van der Waals surface area contributed by atoms with Crippen LogP contribution in [0.5, 0.6) is 5.75 Å². The van der Waals surface area contributed by atoms with Gasteiger partial charge in [0, 0.05) is 23.5 Å². The number of nitrogens with one attached hydrogen (secondary N) is 1. The highest BCUT2D eigenvalue weighted by molar-refractivity contribution is 6.30. The maximum absolute atomic E-state index is 12.0. The van der Waals surface area contributed by atoms with Crippen molar-refractivity contribution < 1.29 is 9.53 Å². The van der Waals surface area contributed by atoms with Crippen LogP contribution in [0.2, 0.25) is 5.02 Å². The summed E-state index contributed by atoms with van der Waals surface area (Å²) in [7, 11) is 0. The van der Waals surface area contributed by atoms with Crippen molar-refractivity contribution in [2.24, 2.45) is 5.73 Å². The summed E-state index contributed by atoms with van der Waals surface area (Å²) in [5.41, 5.74) is 6.13. The summed E-state index contributed by atoms with van der Waals surface area (Å²) >= 11 is 5.91. The molecule has 1 unspecified atom stereocenters. The van der Waals surface area contributed by atoms with Gasteiger partial charge in [-0.1, -0.05) is 11.6 Å². The minimum atomic E-state index is -0.496. The molecular formula is C13H17ClN2O2. The number of hydrogen-bond donors (Lipinski definition) is 2. The number of amides is 1. The van der Waals surface area contributed by atoms with E-state index >= 15 is 0 Å². The lowest BCUT2D eigenvalue weighted by molar-refractivity contribution is -0.128. The molecule has 1 aliphatic heterocycles. The van der Waals surface area contributed by atoms with E-state index in [0.717, 1.165) is 11.3 Å². The highest BCUT2D eigenvalue weighted by Gasteiger charge is 2.31. The van der Waals surface area contributed by atoms with E-state index in [1.165, 1.54) is 0 Å². The summed E-state index contributed by atoms with van der Waals surface area (Å²) in [4.78, 5) is 12.0. The molecule has 0 saturated carbocycles. The molecule has 5 heteroatoms. The molecule has 1 amide bonds. The van der Waals surface area contributed by atoms with E-state index in [-0.39, 0.29) is 5.91 Å². The van der Waals surface area contributed by atoms with Crippen LogP contribution >= 0.6 is 11.6 Å². The molecule has 4 nitrogen and oxygen atoms in total. The summed E-state index contributed by atoms with van der Waals surface area (Å²) in [5.74, 6) is 0.586. The van der Waals surface area contributed by atoms with E-state index in [2.05, 4.69) is 5.32 Å². The first kappa shape index (κ1) is 13.2. The molecule has 1 atom stereocenters. The Morgan fingerprint density at radius 1 is 1.61 bits per heavy atom. The van der Waals surface area contributed by atoms with Crippen molar-refractivity contribution in [2.45, 2.75) is 31.9 Å². The van der Waals surface area contributed by atoms with Crippen LogP contribution in [0.15, 0.2) is 18.2 Å². The number of ether oxygens (including phenoxy) is 1. The van der Waals surface area contributed by atoms with Crippen molar-refractivity contribution in [3.63, 3.8) is 0 Å². The lowest BCUT2D eigenvalue weighted by Gasteiger charge is -2.25. The van der Waals surface area contributed by atoms with Gasteiger partial charge in [0.1, 0.15) is 5.75 Å². The zero-order chi connectivity index (χ0) is 13.3. The standard InChI is InChI=1S/C13H17ClN2O2/c1-13(2,7-15)16-12(17)11-6-8-5-9(14)3-4-10(8)18-11/h3-5,11H,6-7,15H2,1-2H3,(H,16,17). The topological polar surface area (TPSA) is 64.3 Å². The van der Waals surface area contributed by atoms with Gasteiger partial charge in [0.05, 0.1) is 0 Å². The van der Waals surface area contributed by atoms with Gasteiger partial charge in [0.15, 0.2) is 6.10 Å². The third-order valence-electron chi connectivity index (χ3n) is 2.96. The Morgan fingerprint density at radius 3 is 3.00 bits per heavy atom. The van der Waals surface area contributed by atoms with E-state index in [1.54, 1.807) is 12.1 Å². The predicted molar refractivity (Wildman–Crippen MR) is 70.8 cm³/mol. The van der Waals surface area contributed by atoms with Gasteiger partial charge in [0.2, 0.25) is 0 Å². The monoisotopic (exact) mass is 268 g/mol. The molecule has 18 heavy (non-hydrogen) atoms. The Morgan fingerprint density at radius 2 is 2.33 bits per heavy atom. The third kappa shape index (κ3) is 2.76. The first-order valence-corrected chi connectivity index (χ1v) is 6.26. The minimum absolute atomic E-state index is 0.141. The highest BCUT2D eigenvalue weighted by Crippen LogP contribution is 2.31. The van der Waals surface area contributed by atoms with Crippen LogP contribution in [0.3, 0.4) is 0 Å². The van der Waals surface area contributed by atoms with Crippen LogP contribution in [-0.4, -0.2) is 24.1 Å².